The van der Waals surface area contributed by atoms with E-state index in [2.05, 4.69) is 15.5 Å². The largest absolute Gasteiger partial charge is 0.339 e. The quantitative estimate of drug-likeness (QED) is 0.934. The first-order valence-electron chi connectivity index (χ1n) is 8.71. The van der Waals surface area contributed by atoms with E-state index in [1.165, 1.54) is 12.8 Å². The Bertz CT molecular complexity index is 696. The maximum Gasteiger partial charge on any atom is 0.321 e. The summed E-state index contributed by atoms with van der Waals surface area (Å²) in [6.45, 7) is 1.53. The molecule has 6 heteroatoms. The van der Waals surface area contributed by atoms with Crippen molar-refractivity contribution in [2.75, 3.05) is 18.4 Å². The second-order valence-electron chi connectivity index (χ2n) is 6.78. The summed E-state index contributed by atoms with van der Waals surface area (Å²) >= 11 is 0. The van der Waals surface area contributed by atoms with E-state index in [1.807, 2.05) is 35.2 Å². The van der Waals surface area contributed by atoms with Gasteiger partial charge in [-0.3, -0.25) is 0 Å². The van der Waals surface area contributed by atoms with Gasteiger partial charge in [-0.05, 0) is 43.7 Å². The van der Waals surface area contributed by atoms with E-state index in [-0.39, 0.29) is 6.03 Å². The van der Waals surface area contributed by atoms with Crippen molar-refractivity contribution in [3.05, 3.63) is 42.0 Å². The van der Waals surface area contributed by atoms with Gasteiger partial charge in [0.05, 0.1) is 0 Å². The molecule has 0 spiro atoms. The molecule has 1 aliphatic heterocycles. The third-order valence-corrected chi connectivity index (χ3v) is 4.72. The molecule has 1 atom stereocenters. The molecule has 2 aromatic rings. The molecule has 0 radical (unpaired) electrons. The van der Waals surface area contributed by atoms with E-state index in [0.29, 0.717) is 17.7 Å². The van der Waals surface area contributed by atoms with E-state index in [0.717, 1.165) is 43.9 Å². The molecule has 1 saturated heterocycles. The summed E-state index contributed by atoms with van der Waals surface area (Å²) in [5, 5.41) is 7.03. The maximum absolute atomic E-state index is 12.4. The van der Waals surface area contributed by atoms with Gasteiger partial charge in [0.2, 0.25) is 5.89 Å². The average molecular weight is 326 g/mol. The summed E-state index contributed by atoms with van der Waals surface area (Å²) in [6, 6.07) is 9.54. The van der Waals surface area contributed by atoms with Crippen molar-refractivity contribution in [3.63, 3.8) is 0 Å². The van der Waals surface area contributed by atoms with Crippen molar-refractivity contribution >= 4 is 11.7 Å². The molecule has 2 heterocycles. The number of carbonyl (C=O) groups is 1. The molecule has 1 saturated carbocycles. The van der Waals surface area contributed by atoms with Gasteiger partial charge in [0.15, 0.2) is 5.82 Å². The highest BCUT2D eigenvalue weighted by atomic mass is 16.5. The minimum absolute atomic E-state index is 0.0323. The smallest absolute Gasteiger partial charge is 0.321 e. The highest BCUT2D eigenvalue weighted by Gasteiger charge is 2.30. The molecular formula is C18H22N4O2. The highest BCUT2D eigenvalue weighted by Crippen LogP contribution is 2.38. The Balaban J connectivity index is 1.33. The van der Waals surface area contributed by atoms with Crippen LogP contribution in [0.5, 0.6) is 0 Å². The normalized spacial score (nSPS) is 20.8. The number of nitrogens with zero attached hydrogens (tertiary/aromatic N) is 3. The van der Waals surface area contributed by atoms with Gasteiger partial charge in [0, 0.05) is 31.1 Å². The van der Waals surface area contributed by atoms with Crippen molar-refractivity contribution in [2.24, 2.45) is 5.92 Å². The van der Waals surface area contributed by atoms with Crippen LogP contribution in [0, 0.1) is 5.92 Å². The summed E-state index contributed by atoms with van der Waals surface area (Å²) in [4.78, 5) is 18.8. The minimum atomic E-state index is -0.0323. The number of benzene rings is 1. The number of piperidine rings is 1. The third-order valence-electron chi connectivity index (χ3n) is 4.72. The predicted molar refractivity (Wildman–Crippen MR) is 89.7 cm³/mol. The van der Waals surface area contributed by atoms with Crippen molar-refractivity contribution in [2.45, 2.75) is 38.0 Å². The molecule has 4 rings (SSSR count). The number of rotatable bonds is 4. The van der Waals surface area contributed by atoms with Crippen molar-refractivity contribution in [1.29, 1.82) is 0 Å². The van der Waals surface area contributed by atoms with Gasteiger partial charge >= 0.3 is 6.03 Å². The molecule has 0 unspecified atom stereocenters. The monoisotopic (exact) mass is 326 g/mol. The zero-order valence-electron chi connectivity index (χ0n) is 13.6. The number of anilines is 1. The van der Waals surface area contributed by atoms with Crippen LogP contribution in [0.3, 0.4) is 0 Å². The summed E-state index contributed by atoms with van der Waals surface area (Å²) < 4.78 is 5.38. The fourth-order valence-electron chi connectivity index (χ4n) is 3.25. The van der Waals surface area contributed by atoms with E-state index < -0.39 is 0 Å². The molecule has 2 amide bonds. The van der Waals surface area contributed by atoms with Crippen LogP contribution in [0.15, 0.2) is 34.9 Å². The lowest BCUT2D eigenvalue weighted by Gasteiger charge is -2.32. The molecule has 24 heavy (non-hydrogen) atoms. The first-order chi connectivity index (χ1) is 11.8. The van der Waals surface area contributed by atoms with Gasteiger partial charge in [0.25, 0.3) is 0 Å². The van der Waals surface area contributed by atoms with Crippen LogP contribution >= 0.6 is 0 Å². The lowest BCUT2D eigenvalue weighted by atomic mass is 9.95. The molecule has 2 fully saturated rings. The van der Waals surface area contributed by atoms with E-state index in [1.54, 1.807) is 0 Å². The number of urea groups is 1. The van der Waals surface area contributed by atoms with Crippen LogP contribution in [0.4, 0.5) is 10.5 Å². The van der Waals surface area contributed by atoms with Crippen molar-refractivity contribution in [3.8, 4) is 0 Å². The Labute approximate surface area is 141 Å². The minimum Gasteiger partial charge on any atom is -0.339 e. The number of hydrogen-bond donors (Lipinski definition) is 1. The number of nitrogens with one attached hydrogen (secondary N) is 1. The zero-order chi connectivity index (χ0) is 16.4. The van der Waals surface area contributed by atoms with Gasteiger partial charge in [-0.2, -0.15) is 4.98 Å². The maximum atomic E-state index is 12.4. The molecular weight excluding hydrogens is 304 g/mol. The fraction of sp³-hybridized carbons (Fsp3) is 0.500. The van der Waals surface area contributed by atoms with Crippen LogP contribution < -0.4 is 5.32 Å². The van der Waals surface area contributed by atoms with Gasteiger partial charge in [0.1, 0.15) is 0 Å². The first kappa shape index (κ1) is 15.2. The molecule has 1 N–H and O–H groups in total. The molecule has 0 bridgehead atoms. The van der Waals surface area contributed by atoms with Gasteiger partial charge in [-0.1, -0.05) is 23.4 Å². The van der Waals surface area contributed by atoms with Crippen molar-refractivity contribution < 1.29 is 9.32 Å². The van der Waals surface area contributed by atoms with Gasteiger partial charge in [-0.15, -0.1) is 0 Å². The van der Waals surface area contributed by atoms with Crippen LogP contribution in [0.1, 0.15) is 43.3 Å². The second-order valence-corrected chi connectivity index (χ2v) is 6.78. The van der Waals surface area contributed by atoms with Crippen LogP contribution in [0.2, 0.25) is 0 Å². The Hall–Kier alpha value is -2.37. The van der Waals surface area contributed by atoms with Gasteiger partial charge in [-0.25, -0.2) is 4.79 Å². The van der Waals surface area contributed by atoms with E-state index in [4.69, 9.17) is 4.52 Å². The predicted octanol–water partition coefficient (Wildman–Crippen LogP) is 3.43. The summed E-state index contributed by atoms with van der Waals surface area (Å²) in [6.07, 6.45) is 5.22. The Morgan fingerprint density at radius 1 is 1.25 bits per heavy atom. The van der Waals surface area contributed by atoms with Crippen LogP contribution in [0.25, 0.3) is 0 Å². The number of hydrogen-bond acceptors (Lipinski definition) is 4. The Kier molecular flexibility index (Phi) is 4.19. The SMILES string of the molecule is O=C(Nc1ccccc1)N1CCC[C@@H](Cc2nc(C3CC3)no2)C1. The lowest BCUT2D eigenvalue weighted by molar-refractivity contribution is 0.173. The number of likely N-dealkylation sites (tertiary alicyclic amines) is 1. The lowest BCUT2D eigenvalue weighted by Crippen LogP contribution is -2.42. The zero-order valence-corrected chi connectivity index (χ0v) is 13.6. The highest BCUT2D eigenvalue weighted by molar-refractivity contribution is 5.89. The summed E-state index contributed by atoms with van der Waals surface area (Å²) in [5.41, 5.74) is 0.829. The summed E-state index contributed by atoms with van der Waals surface area (Å²) in [5.74, 6) is 2.47. The number of amides is 2. The topological polar surface area (TPSA) is 71.3 Å². The molecule has 2 aliphatic rings. The molecule has 126 valence electrons. The van der Waals surface area contributed by atoms with Gasteiger partial charge < -0.3 is 14.7 Å². The van der Waals surface area contributed by atoms with E-state index >= 15 is 0 Å². The number of carbonyl (C=O) groups excluding carboxylic acids is 1. The first-order valence-corrected chi connectivity index (χ1v) is 8.71. The number of aromatic nitrogens is 2. The van der Waals surface area contributed by atoms with Crippen LogP contribution in [-0.2, 0) is 6.42 Å². The summed E-state index contributed by atoms with van der Waals surface area (Å²) in [7, 11) is 0. The molecule has 1 aliphatic carbocycles. The van der Waals surface area contributed by atoms with E-state index in [9.17, 15) is 4.79 Å². The second kappa shape index (κ2) is 6.63. The average Bonchev–Trinajstić information content (AvgIpc) is 3.36. The van der Waals surface area contributed by atoms with Crippen molar-refractivity contribution in [1.82, 2.24) is 15.0 Å². The third kappa shape index (κ3) is 3.58. The number of para-hydroxylation sites is 1. The fourth-order valence-corrected chi connectivity index (χ4v) is 3.25. The Morgan fingerprint density at radius 2 is 2.08 bits per heavy atom. The molecule has 1 aromatic carbocycles. The van der Waals surface area contributed by atoms with Crippen LogP contribution in [-0.4, -0.2) is 34.2 Å². The molecule has 1 aromatic heterocycles. The molecule has 6 nitrogen and oxygen atoms in total. The standard InChI is InChI=1S/C18H22N4O2/c23-18(19-15-6-2-1-3-7-15)22-10-4-5-13(12-22)11-16-20-17(21-24-16)14-8-9-14/h1-3,6-7,13-14H,4-5,8-12H2,(H,19,23)/t13-/m0/s1. The Morgan fingerprint density at radius 3 is 2.88 bits per heavy atom.